The highest BCUT2D eigenvalue weighted by molar-refractivity contribution is 6.18. The van der Waals surface area contributed by atoms with E-state index in [4.69, 9.17) is 11.6 Å². The lowest BCUT2D eigenvalue weighted by molar-refractivity contribution is -0.137. The molecule has 1 aromatic carbocycles. The van der Waals surface area contributed by atoms with Gasteiger partial charge in [-0.05, 0) is 23.5 Å². The number of hydrogen-bond donors (Lipinski definition) is 0. The summed E-state index contributed by atoms with van der Waals surface area (Å²) in [5, 5.41) is 0. The topological polar surface area (TPSA) is 0 Å². The van der Waals surface area contributed by atoms with Crippen LogP contribution in [0.2, 0.25) is 0 Å². The molecule has 0 saturated carbocycles. The van der Waals surface area contributed by atoms with Gasteiger partial charge in [0.25, 0.3) is 0 Å². The SMILES string of the molecule is CC(C)(CCl)Cc1cccc(C(F)(F)F)c1. The normalized spacial score (nSPS) is 12.9. The van der Waals surface area contributed by atoms with Gasteiger partial charge in [-0.3, -0.25) is 0 Å². The molecule has 0 amide bonds. The van der Waals surface area contributed by atoms with Crippen molar-refractivity contribution in [2.24, 2.45) is 5.41 Å². The smallest absolute Gasteiger partial charge is 0.166 e. The molecule has 0 spiro atoms. The largest absolute Gasteiger partial charge is 0.416 e. The molecule has 0 aliphatic rings. The van der Waals surface area contributed by atoms with E-state index < -0.39 is 11.7 Å². The fourth-order valence-electron chi connectivity index (χ4n) is 1.46. The molecule has 0 fully saturated rings. The van der Waals surface area contributed by atoms with Crippen molar-refractivity contribution < 1.29 is 13.2 Å². The van der Waals surface area contributed by atoms with Crippen molar-refractivity contribution in [3.05, 3.63) is 35.4 Å². The number of hydrogen-bond acceptors (Lipinski definition) is 0. The number of benzene rings is 1. The molecule has 0 aliphatic carbocycles. The molecule has 0 unspecified atom stereocenters. The van der Waals surface area contributed by atoms with E-state index in [1.54, 1.807) is 6.07 Å². The second kappa shape index (κ2) is 4.66. The molecule has 0 nitrogen and oxygen atoms in total. The van der Waals surface area contributed by atoms with Crippen LogP contribution in [-0.2, 0) is 12.6 Å². The van der Waals surface area contributed by atoms with Gasteiger partial charge in [0.1, 0.15) is 0 Å². The molecule has 0 saturated heterocycles. The molecule has 90 valence electrons. The van der Waals surface area contributed by atoms with E-state index in [-0.39, 0.29) is 5.41 Å². The first-order valence-corrected chi connectivity index (χ1v) is 5.50. The maximum absolute atomic E-state index is 12.5. The van der Waals surface area contributed by atoms with Crippen LogP contribution in [0, 0.1) is 5.41 Å². The molecule has 1 rings (SSSR count). The first kappa shape index (κ1) is 13.4. The van der Waals surface area contributed by atoms with Crippen LogP contribution in [0.4, 0.5) is 13.2 Å². The van der Waals surface area contributed by atoms with Crippen LogP contribution < -0.4 is 0 Å². The van der Waals surface area contributed by atoms with Gasteiger partial charge in [-0.25, -0.2) is 0 Å². The quantitative estimate of drug-likeness (QED) is 0.693. The first-order chi connectivity index (χ1) is 7.24. The summed E-state index contributed by atoms with van der Waals surface area (Å²) in [7, 11) is 0. The molecule has 1 aromatic rings. The maximum atomic E-state index is 12.5. The van der Waals surface area contributed by atoms with Crippen molar-refractivity contribution in [1.29, 1.82) is 0 Å². The van der Waals surface area contributed by atoms with Crippen LogP contribution in [0.25, 0.3) is 0 Å². The zero-order valence-corrected chi connectivity index (χ0v) is 9.99. The van der Waals surface area contributed by atoms with Crippen molar-refractivity contribution in [1.82, 2.24) is 0 Å². The standard InChI is InChI=1S/C12H14ClF3/c1-11(2,8-13)7-9-4-3-5-10(6-9)12(14,15)16/h3-6H,7-8H2,1-2H3. The Morgan fingerprint density at radius 1 is 1.19 bits per heavy atom. The van der Waals surface area contributed by atoms with E-state index >= 15 is 0 Å². The summed E-state index contributed by atoms with van der Waals surface area (Å²) in [6.07, 6.45) is -3.73. The second-order valence-electron chi connectivity index (χ2n) is 4.67. The number of rotatable bonds is 3. The van der Waals surface area contributed by atoms with E-state index in [1.807, 2.05) is 13.8 Å². The highest BCUT2D eigenvalue weighted by Crippen LogP contribution is 2.31. The Morgan fingerprint density at radius 2 is 1.81 bits per heavy atom. The van der Waals surface area contributed by atoms with Gasteiger partial charge < -0.3 is 0 Å². The highest BCUT2D eigenvalue weighted by atomic mass is 35.5. The summed E-state index contributed by atoms with van der Waals surface area (Å²) < 4.78 is 37.4. The molecular weight excluding hydrogens is 237 g/mol. The molecular formula is C12H14ClF3. The van der Waals surface area contributed by atoms with Gasteiger partial charge >= 0.3 is 6.18 Å². The van der Waals surface area contributed by atoms with Gasteiger partial charge in [-0.15, -0.1) is 11.6 Å². The minimum atomic E-state index is -4.28. The molecule has 16 heavy (non-hydrogen) atoms. The van der Waals surface area contributed by atoms with Crippen LogP contribution in [0.1, 0.15) is 25.0 Å². The Hall–Kier alpha value is -0.700. The third-order valence-corrected chi connectivity index (χ3v) is 3.02. The summed E-state index contributed by atoms with van der Waals surface area (Å²) in [5.41, 5.74) is -0.123. The second-order valence-corrected chi connectivity index (χ2v) is 4.94. The predicted octanol–water partition coefficient (Wildman–Crippen LogP) is 4.51. The summed E-state index contributed by atoms with van der Waals surface area (Å²) in [5.74, 6) is 0.420. The molecule has 0 bridgehead atoms. The van der Waals surface area contributed by atoms with E-state index in [0.29, 0.717) is 17.9 Å². The number of halogens is 4. The minimum Gasteiger partial charge on any atom is -0.166 e. The Labute approximate surface area is 98.4 Å². The molecule has 0 heterocycles. The van der Waals surface area contributed by atoms with Gasteiger partial charge in [0.05, 0.1) is 5.56 Å². The van der Waals surface area contributed by atoms with E-state index in [0.717, 1.165) is 6.07 Å². The van der Waals surface area contributed by atoms with Crippen LogP contribution in [0.5, 0.6) is 0 Å². The fraction of sp³-hybridized carbons (Fsp3) is 0.500. The van der Waals surface area contributed by atoms with Crippen LogP contribution >= 0.6 is 11.6 Å². The summed E-state index contributed by atoms with van der Waals surface area (Å²) in [6.45, 7) is 3.86. The number of alkyl halides is 4. The van der Waals surface area contributed by atoms with Crippen molar-refractivity contribution in [2.45, 2.75) is 26.4 Å². The van der Waals surface area contributed by atoms with E-state index in [1.165, 1.54) is 12.1 Å². The maximum Gasteiger partial charge on any atom is 0.416 e. The molecule has 4 heteroatoms. The lowest BCUT2D eigenvalue weighted by Gasteiger charge is -2.21. The van der Waals surface area contributed by atoms with Crippen molar-refractivity contribution in [3.8, 4) is 0 Å². The third kappa shape index (κ3) is 3.71. The van der Waals surface area contributed by atoms with Gasteiger partial charge in [-0.2, -0.15) is 13.2 Å². The molecule has 0 N–H and O–H groups in total. The van der Waals surface area contributed by atoms with Crippen molar-refractivity contribution in [3.63, 3.8) is 0 Å². The lowest BCUT2D eigenvalue weighted by Crippen LogP contribution is -2.17. The summed E-state index contributed by atoms with van der Waals surface area (Å²) >= 11 is 5.75. The minimum absolute atomic E-state index is 0.189. The highest BCUT2D eigenvalue weighted by Gasteiger charge is 2.30. The fourth-order valence-corrected chi connectivity index (χ4v) is 1.55. The van der Waals surface area contributed by atoms with Gasteiger partial charge in [0.2, 0.25) is 0 Å². The molecule has 0 atom stereocenters. The summed E-state index contributed by atoms with van der Waals surface area (Å²) in [4.78, 5) is 0. The molecule has 0 radical (unpaired) electrons. The van der Waals surface area contributed by atoms with Crippen LogP contribution in [-0.4, -0.2) is 5.88 Å². The zero-order valence-electron chi connectivity index (χ0n) is 9.24. The predicted molar refractivity (Wildman–Crippen MR) is 59.6 cm³/mol. The Morgan fingerprint density at radius 3 is 2.31 bits per heavy atom. The van der Waals surface area contributed by atoms with Crippen molar-refractivity contribution in [2.75, 3.05) is 5.88 Å². The third-order valence-electron chi connectivity index (χ3n) is 2.30. The Bertz CT molecular complexity index is 356. The first-order valence-electron chi connectivity index (χ1n) is 4.97. The van der Waals surface area contributed by atoms with Gasteiger partial charge in [0.15, 0.2) is 0 Å². The Balaban J connectivity index is 2.92. The molecule has 0 aromatic heterocycles. The monoisotopic (exact) mass is 250 g/mol. The zero-order chi connectivity index (χ0) is 12.4. The Kier molecular flexibility index (Phi) is 3.89. The van der Waals surface area contributed by atoms with Crippen LogP contribution in [0.15, 0.2) is 24.3 Å². The average Bonchev–Trinajstić information content (AvgIpc) is 2.16. The molecule has 0 aliphatic heterocycles. The van der Waals surface area contributed by atoms with Crippen molar-refractivity contribution >= 4 is 11.6 Å². The summed E-state index contributed by atoms with van der Waals surface area (Å²) in [6, 6.07) is 5.40. The van der Waals surface area contributed by atoms with E-state index in [9.17, 15) is 13.2 Å². The average molecular weight is 251 g/mol. The van der Waals surface area contributed by atoms with Gasteiger partial charge in [-0.1, -0.05) is 32.0 Å². The van der Waals surface area contributed by atoms with E-state index in [2.05, 4.69) is 0 Å². The van der Waals surface area contributed by atoms with Gasteiger partial charge in [0, 0.05) is 5.88 Å². The lowest BCUT2D eigenvalue weighted by atomic mass is 9.87. The van der Waals surface area contributed by atoms with Crippen LogP contribution in [0.3, 0.4) is 0 Å².